The summed E-state index contributed by atoms with van der Waals surface area (Å²) >= 11 is 0. The number of hydrogen-bond acceptors (Lipinski definition) is 4. The lowest BCUT2D eigenvalue weighted by atomic mass is 9.84. The van der Waals surface area contributed by atoms with Crippen LogP contribution in [0.25, 0.3) is 0 Å². The zero-order chi connectivity index (χ0) is 14.9. The van der Waals surface area contributed by atoms with E-state index >= 15 is 0 Å². The van der Waals surface area contributed by atoms with Crippen LogP contribution in [-0.4, -0.2) is 29.0 Å². The Morgan fingerprint density at radius 1 is 1.38 bits per heavy atom. The predicted octanol–water partition coefficient (Wildman–Crippen LogP) is 1.89. The van der Waals surface area contributed by atoms with E-state index in [4.69, 9.17) is 9.47 Å². The highest BCUT2D eigenvalue weighted by molar-refractivity contribution is 5.75. The Bertz CT molecular complexity index is 546. The zero-order valence-corrected chi connectivity index (χ0v) is 11.5. The Kier molecular flexibility index (Phi) is 3.55. The van der Waals surface area contributed by atoms with Gasteiger partial charge in [-0.15, -0.1) is 0 Å². The van der Waals surface area contributed by atoms with Crippen molar-refractivity contribution in [1.82, 2.24) is 5.32 Å². The van der Waals surface area contributed by atoms with Crippen LogP contribution < -0.4 is 5.32 Å². The third-order valence-corrected chi connectivity index (χ3v) is 4.10. The third kappa shape index (κ3) is 2.71. The molecule has 6 nitrogen and oxygen atoms in total. The number of amides is 1. The molecular formula is C15H17NO5. The highest BCUT2D eigenvalue weighted by Crippen LogP contribution is 2.46. The van der Waals surface area contributed by atoms with Gasteiger partial charge < -0.3 is 14.6 Å². The molecule has 0 aliphatic carbocycles. The SMILES string of the molecule is O=C(NC12CCC(CC1C(=O)O)O2)OCc1ccccc1. The largest absolute Gasteiger partial charge is 0.481 e. The van der Waals surface area contributed by atoms with E-state index in [1.54, 1.807) is 0 Å². The Labute approximate surface area is 122 Å². The first-order chi connectivity index (χ1) is 10.1. The second kappa shape index (κ2) is 5.37. The number of hydrogen-bond donors (Lipinski definition) is 2. The molecule has 0 saturated carbocycles. The van der Waals surface area contributed by atoms with Crippen LogP contribution in [0.2, 0.25) is 0 Å². The normalized spacial score (nSPS) is 30.1. The average molecular weight is 291 g/mol. The van der Waals surface area contributed by atoms with Gasteiger partial charge in [-0.05, 0) is 24.8 Å². The molecule has 0 radical (unpaired) electrons. The maximum atomic E-state index is 11.9. The summed E-state index contributed by atoms with van der Waals surface area (Å²) in [4.78, 5) is 23.2. The molecule has 1 aromatic rings. The first-order valence-electron chi connectivity index (χ1n) is 6.98. The van der Waals surface area contributed by atoms with Crippen molar-refractivity contribution in [3.8, 4) is 0 Å². The summed E-state index contributed by atoms with van der Waals surface area (Å²) in [5.41, 5.74) is -0.235. The van der Waals surface area contributed by atoms with Gasteiger partial charge in [0.2, 0.25) is 0 Å². The molecule has 6 heteroatoms. The predicted molar refractivity (Wildman–Crippen MR) is 72.3 cm³/mol. The number of carbonyl (C=O) groups excluding carboxylic acids is 1. The maximum absolute atomic E-state index is 11.9. The summed E-state index contributed by atoms with van der Waals surface area (Å²) in [6, 6.07) is 9.30. The minimum atomic E-state index is -1.11. The molecule has 2 bridgehead atoms. The molecule has 2 saturated heterocycles. The molecule has 2 heterocycles. The first kappa shape index (κ1) is 13.9. The number of rotatable bonds is 4. The number of carbonyl (C=O) groups is 2. The van der Waals surface area contributed by atoms with Crippen molar-refractivity contribution < 1.29 is 24.2 Å². The molecule has 112 valence electrons. The van der Waals surface area contributed by atoms with Crippen LogP contribution in [-0.2, 0) is 20.9 Å². The number of nitrogens with one attached hydrogen (secondary N) is 1. The molecule has 0 spiro atoms. The zero-order valence-electron chi connectivity index (χ0n) is 11.5. The summed E-state index contributed by atoms with van der Waals surface area (Å²) in [7, 11) is 0. The van der Waals surface area contributed by atoms with E-state index in [1.165, 1.54) is 0 Å². The Hall–Kier alpha value is -2.08. The molecule has 3 atom stereocenters. The van der Waals surface area contributed by atoms with E-state index in [0.29, 0.717) is 12.8 Å². The van der Waals surface area contributed by atoms with Crippen molar-refractivity contribution in [1.29, 1.82) is 0 Å². The van der Waals surface area contributed by atoms with Gasteiger partial charge in [0.05, 0.1) is 6.10 Å². The number of fused-ring (bicyclic) bond motifs is 2. The van der Waals surface area contributed by atoms with Gasteiger partial charge in [0.1, 0.15) is 12.5 Å². The number of alkyl carbamates (subject to hydrolysis) is 1. The fourth-order valence-electron chi connectivity index (χ4n) is 3.08. The Morgan fingerprint density at radius 3 is 2.81 bits per heavy atom. The van der Waals surface area contributed by atoms with E-state index in [9.17, 15) is 14.7 Å². The number of aliphatic carboxylic acids is 1. The molecule has 3 unspecified atom stereocenters. The fourth-order valence-corrected chi connectivity index (χ4v) is 3.08. The van der Waals surface area contributed by atoms with E-state index in [2.05, 4.69) is 5.32 Å². The van der Waals surface area contributed by atoms with Crippen LogP contribution in [0.15, 0.2) is 30.3 Å². The highest BCUT2D eigenvalue weighted by Gasteiger charge is 2.58. The average Bonchev–Trinajstić information content (AvgIpc) is 3.03. The Morgan fingerprint density at radius 2 is 2.14 bits per heavy atom. The van der Waals surface area contributed by atoms with Crippen LogP contribution >= 0.6 is 0 Å². The number of carboxylic acid groups (broad SMARTS) is 1. The van der Waals surface area contributed by atoms with E-state index < -0.39 is 23.7 Å². The second-order valence-corrected chi connectivity index (χ2v) is 5.48. The molecule has 2 aliphatic heterocycles. The summed E-state index contributed by atoms with van der Waals surface area (Å²) < 4.78 is 10.8. The van der Waals surface area contributed by atoms with Gasteiger partial charge in [0.15, 0.2) is 5.72 Å². The van der Waals surface area contributed by atoms with Gasteiger partial charge in [-0.25, -0.2) is 4.79 Å². The lowest BCUT2D eigenvalue weighted by Crippen LogP contribution is -2.53. The minimum absolute atomic E-state index is 0.0828. The number of ether oxygens (including phenoxy) is 2. The van der Waals surface area contributed by atoms with Crippen molar-refractivity contribution in [3.05, 3.63) is 35.9 Å². The van der Waals surface area contributed by atoms with Gasteiger partial charge in [-0.3, -0.25) is 10.1 Å². The quantitative estimate of drug-likeness (QED) is 0.885. The summed E-state index contributed by atoms with van der Waals surface area (Å²) in [5.74, 6) is -1.65. The molecular weight excluding hydrogens is 274 g/mol. The molecule has 1 aromatic carbocycles. The van der Waals surface area contributed by atoms with E-state index in [0.717, 1.165) is 12.0 Å². The Balaban J connectivity index is 1.60. The monoisotopic (exact) mass is 291 g/mol. The van der Waals surface area contributed by atoms with Gasteiger partial charge in [0, 0.05) is 0 Å². The smallest absolute Gasteiger partial charge is 0.409 e. The van der Waals surface area contributed by atoms with E-state index in [-0.39, 0.29) is 12.7 Å². The fraction of sp³-hybridized carbons (Fsp3) is 0.467. The summed E-state index contributed by atoms with van der Waals surface area (Å²) in [6.45, 7) is 0.143. The number of carboxylic acids is 1. The van der Waals surface area contributed by atoms with E-state index in [1.807, 2.05) is 30.3 Å². The van der Waals surface area contributed by atoms with Crippen molar-refractivity contribution >= 4 is 12.1 Å². The van der Waals surface area contributed by atoms with Crippen LogP contribution in [0.3, 0.4) is 0 Å². The van der Waals surface area contributed by atoms with Crippen LogP contribution in [0.5, 0.6) is 0 Å². The maximum Gasteiger partial charge on any atom is 0.409 e. The number of benzene rings is 1. The molecule has 21 heavy (non-hydrogen) atoms. The molecule has 3 rings (SSSR count). The van der Waals surface area contributed by atoms with Crippen LogP contribution in [0, 0.1) is 5.92 Å². The van der Waals surface area contributed by atoms with Crippen LogP contribution in [0.1, 0.15) is 24.8 Å². The van der Waals surface area contributed by atoms with Crippen molar-refractivity contribution in [2.75, 3.05) is 0 Å². The summed E-state index contributed by atoms with van der Waals surface area (Å²) in [6.07, 6.45) is 0.986. The molecule has 2 fully saturated rings. The molecule has 1 amide bonds. The third-order valence-electron chi connectivity index (χ3n) is 4.10. The lowest BCUT2D eigenvalue weighted by Gasteiger charge is -2.30. The lowest BCUT2D eigenvalue weighted by molar-refractivity contribution is -0.149. The first-order valence-corrected chi connectivity index (χ1v) is 6.98. The van der Waals surface area contributed by atoms with Crippen molar-refractivity contribution in [2.24, 2.45) is 5.92 Å². The van der Waals surface area contributed by atoms with Gasteiger partial charge in [-0.2, -0.15) is 0 Å². The molecule has 2 aliphatic rings. The molecule has 2 N–H and O–H groups in total. The van der Waals surface area contributed by atoms with Crippen molar-refractivity contribution in [2.45, 2.75) is 37.7 Å². The van der Waals surface area contributed by atoms with Gasteiger partial charge >= 0.3 is 12.1 Å². The van der Waals surface area contributed by atoms with Crippen LogP contribution in [0.4, 0.5) is 4.79 Å². The minimum Gasteiger partial charge on any atom is -0.481 e. The molecule has 0 aromatic heterocycles. The van der Waals surface area contributed by atoms with Crippen molar-refractivity contribution in [3.63, 3.8) is 0 Å². The topological polar surface area (TPSA) is 84.9 Å². The standard InChI is InChI=1S/C15H17NO5/c17-13(18)12-8-11-6-7-15(12,21-11)16-14(19)20-9-10-4-2-1-3-5-10/h1-5,11-12H,6-9H2,(H,16,19)(H,17,18). The second-order valence-electron chi connectivity index (χ2n) is 5.48. The van der Waals surface area contributed by atoms with Gasteiger partial charge in [0.25, 0.3) is 0 Å². The highest BCUT2D eigenvalue weighted by atomic mass is 16.6. The summed E-state index contributed by atoms with van der Waals surface area (Å²) in [5, 5.41) is 11.9. The van der Waals surface area contributed by atoms with Gasteiger partial charge in [-0.1, -0.05) is 30.3 Å².